The number of likely N-dealkylation sites (tertiary alicyclic amines) is 1. The van der Waals surface area contributed by atoms with Crippen LogP contribution in [-0.2, 0) is 20.7 Å². The van der Waals surface area contributed by atoms with Crippen molar-refractivity contribution in [3.8, 4) is 0 Å². The van der Waals surface area contributed by atoms with Crippen LogP contribution in [0.25, 0.3) is 10.1 Å². The lowest BCUT2D eigenvalue weighted by atomic mass is 9.84. The van der Waals surface area contributed by atoms with E-state index in [4.69, 9.17) is 9.47 Å². The molecule has 0 N–H and O–H groups in total. The van der Waals surface area contributed by atoms with Gasteiger partial charge in [-0.15, -0.1) is 11.3 Å². The first-order chi connectivity index (χ1) is 14.1. The van der Waals surface area contributed by atoms with Gasteiger partial charge in [-0.3, -0.25) is 9.69 Å². The molecule has 2 fully saturated rings. The maximum atomic E-state index is 13.3. The van der Waals surface area contributed by atoms with Gasteiger partial charge >= 0.3 is 0 Å². The Hall–Kier alpha value is -1.47. The number of carbonyl (C=O) groups is 1. The van der Waals surface area contributed by atoms with Crippen LogP contribution in [0, 0.1) is 0 Å². The van der Waals surface area contributed by atoms with Crippen LogP contribution in [0.2, 0.25) is 0 Å². The zero-order valence-corrected chi connectivity index (χ0v) is 18.5. The van der Waals surface area contributed by atoms with Gasteiger partial charge in [0.1, 0.15) is 0 Å². The molecule has 0 bridgehead atoms. The molecule has 1 aromatic carbocycles. The van der Waals surface area contributed by atoms with Crippen molar-refractivity contribution in [2.24, 2.45) is 0 Å². The molecular formula is C23H32N2O3S. The van der Waals surface area contributed by atoms with E-state index in [0.29, 0.717) is 12.5 Å². The van der Waals surface area contributed by atoms with E-state index in [1.54, 1.807) is 25.6 Å². The molecule has 1 aromatic heterocycles. The first-order valence-electron chi connectivity index (χ1n) is 10.6. The van der Waals surface area contributed by atoms with Crippen molar-refractivity contribution in [1.29, 1.82) is 0 Å². The molecule has 0 unspecified atom stereocenters. The summed E-state index contributed by atoms with van der Waals surface area (Å²) in [5, 5.41) is 3.30. The molecule has 158 valence electrons. The molecule has 0 spiro atoms. The molecule has 1 aliphatic carbocycles. The highest BCUT2D eigenvalue weighted by molar-refractivity contribution is 7.17. The van der Waals surface area contributed by atoms with Gasteiger partial charge in [0.25, 0.3) is 0 Å². The van der Waals surface area contributed by atoms with E-state index in [9.17, 15) is 4.79 Å². The van der Waals surface area contributed by atoms with E-state index in [1.807, 2.05) is 11.9 Å². The van der Waals surface area contributed by atoms with Crippen molar-refractivity contribution < 1.29 is 14.3 Å². The molecule has 6 heteroatoms. The molecule has 4 atom stereocenters. The number of likely N-dealkylation sites (N-methyl/N-ethyl adjacent to an activating group) is 1. The summed E-state index contributed by atoms with van der Waals surface area (Å²) in [7, 11) is 5.50. The van der Waals surface area contributed by atoms with E-state index in [-0.39, 0.29) is 24.2 Å². The quantitative estimate of drug-likeness (QED) is 0.722. The predicted octanol–water partition coefficient (Wildman–Crippen LogP) is 3.56. The number of nitrogens with zero attached hydrogens (tertiary/aromatic N) is 2. The van der Waals surface area contributed by atoms with Crippen LogP contribution in [0.4, 0.5) is 0 Å². The summed E-state index contributed by atoms with van der Waals surface area (Å²) in [4.78, 5) is 17.9. The topological polar surface area (TPSA) is 42.0 Å². The molecule has 2 aliphatic rings. The fourth-order valence-electron chi connectivity index (χ4n) is 5.16. The number of methoxy groups -OCH3 is 2. The van der Waals surface area contributed by atoms with Gasteiger partial charge in [-0.05, 0) is 67.2 Å². The fraction of sp³-hybridized carbons (Fsp3) is 0.609. The minimum absolute atomic E-state index is 0.0272. The first-order valence-corrected chi connectivity index (χ1v) is 11.5. The Morgan fingerprint density at radius 3 is 2.59 bits per heavy atom. The second kappa shape index (κ2) is 9.13. The molecule has 2 heterocycles. The summed E-state index contributed by atoms with van der Waals surface area (Å²) >= 11 is 1.73. The Labute approximate surface area is 177 Å². The normalized spacial score (nSPS) is 28.1. The van der Waals surface area contributed by atoms with Gasteiger partial charge in [-0.1, -0.05) is 12.1 Å². The molecule has 1 amide bonds. The van der Waals surface area contributed by atoms with Crippen LogP contribution in [-0.4, -0.2) is 74.4 Å². The third-order valence-electron chi connectivity index (χ3n) is 6.84. The van der Waals surface area contributed by atoms with Crippen molar-refractivity contribution in [2.75, 3.05) is 34.4 Å². The third-order valence-corrected chi connectivity index (χ3v) is 7.72. The van der Waals surface area contributed by atoms with E-state index < -0.39 is 0 Å². The van der Waals surface area contributed by atoms with Crippen LogP contribution < -0.4 is 0 Å². The highest BCUT2D eigenvalue weighted by Crippen LogP contribution is 2.33. The summed E-state index contributed by atoms with van der Waals surface area (Å²) in [6.07, 6.45) is 4.78. The monoisotopic (exact) mass is 416 g/mol. The fourth-order valence-corrected chi connectivity index (χ4v) is 5.99. The van der Waals surface area contributed by atoms with Gasteiger partial charge in [-0.2, -0.15) is 0 Å². The summed E-state index contributed by atoms with van der Waals surface area (Å²) in [5.74, 6) is 0.184. The minimum Gasteiger partial charge on any atom is -0.379 e. The molecule has 1 saturated heterocycles. The smallest absolute Gasteiger partial charge is 0.227 e. The maximum absolute atomic E-state index is 13.3. The average molecular weight is 417 g/mol. The number of rotatable bonds is 6. The van der Waals surface area contributed by atoms with Crippen molar-refractivity contribution in [3.05, 3.63) is 35.2 Å². The molecular weight excluding hydrogens is 384 g/mol. The number of carbonyl (C=O) groups excluding carboxylic acids is 1. The Bertz CT molecular complexity index is 832. The van der Waals surface area contributed by atoms with E-state index >= 15 is 0 Å². The van der Waals surface area contributed by atoms with Gasteiger partial charge < -0.3 is 14.4 Å². The molecule has 4 rings (SSSR count). The second-order valence-electron chi connectivity index (χ2n) is 8.33. The van der Waals surface area contributed by atoms with Crippen molar-refractivity contribution >= 4 is 27.3 Å². The standard InChI is InChI=1S/C23H32N2O3S/c1-24(23(26)13-16-7-6-8-22-17(16)9-12-29-22)18-14-20(27-2)21(28-3)15-19(18)25-10-4-5-11-25/h6-9,12,18-21H,4-5,10-11,13-15H2,1-3H3/t18-,19-,20+,21-/m1/s1. The van der Waals surface area contributed by atoms with Gasteiger partial charge in [0.05, 0.1) is 18.6 Å². The van der Waals surface area contributed by atoms with Crippen LogP contribution in [0.15, 0.2) is 29.6 Å². The zero-order chi connectivity index (χ0) is 20.4. The molecule has 1 saturated carbocycles. The molecule has 2 aromatic rings. The SMILES string of the molecule is CO[C@H]1C[C@@H](N(C)C(=O)Cc2cccc3sccc23)[C@H](N2CCCC2)C[C@H]1OC. The number of fused-ring (bicyclic) bond motifs is 1. The number of hydrogen-bond donors (Lipinski definition) is 0. The zero-order valence-electron chi connectivity index (χ0n) is 17.7. The lowest BCUT2D eigenvalue weighted by molar-refractivity contribution is -0.140. The molecule has 0 radical (unpaired) electrons. The van der Waals surface area contributed by atoms with Crippen molar-refractivity contribution in [2.45, 2.75) is 56.4 Å². The Morgan fingerprint density at radius 1 is 1.14 bits per heavy atom. The summed E-state index contributed by atoms with van der Waals surface area (Å²) < 4.78 is 12.7. The number of benzene rings is 1. The summed E-state index contributed by atoms with van der Waals surface area (Å²) in [5.41, 5.74) is 1.12. The van der Waals surface area contributed by atoms with Gasteiger partial charge in [-0.25, -0.2) is 0 Å². The number of hydrogen-bond acceptors (Lipinski definition) is 5. The highest BCUT2D eigenvalue weighted by atomic mass is 32.1. The number of ether oxygens (including phenoxy) is 2. The van der Waals surface area contributed by atoms with Crippen LogP contribution in [0.3, 0.4) is 0 Å². The highest BCUT2D eigenvalue weighted by Gasteiger charge is 2.43. The lowest BCUT2D eigenvalue weighted by Gasteiger charge is -2.47. The number of thiophene rings is 1. The lowest BCUT2D eigenvalue weighted by Crippen LogP contribution is -2.59. The maximum Gasteiger partial charge on any atom is 0.227 e. The Morgan fingerprint density at radius 2 is 1.86 bits per heavy atom. The second-order valence-corrected chi connectivity index (χ2v) is 9.28. The first kappa shape index (κ1) is 20.8. The summed E-state index contributed by atoms with van der Waals surface area (Å²) in [6.45, 7) is 2.23. The van der Waals surface area contributed by atoms with Gasteiger partial charge in [0.2, 0.25) is 5.91 Å². The Balaban J connectivity index is 1.54. The predicted molar refractivity (Wildman–Crippen MR) is 118 cm³/mol. The van der Waals surface area contributed by atoms with Crippen LogP contribution >= 0.6 is 11.3 Å². The van der Waals surface area contributed by atoms with Crippen molar-refractivity contribution in [1.82, 2.24) is 9.80 Å². The molecule has 29 heavy (non-hydrogen) atoms. The van der Waals surface area contributed by atoms with Gasteiger partial charge in [0, 0.05) is 38.1 Å². The van der Waals surface area contributed by atoms with Gasteiger partial charge in [0.15, 0.2) is 0 Å². The number of amides is 1. The van der Waals surface area contributed by atoms with E-state index in [2.05, 4.69) is 34.5 Å². The van der Waals surface area contributed by atoms with Crippen LogP contribution in [0.1, 0.15) is 31.2 Å². The van der Waals surface area contributed by atoms with Crippen LogP contribution in [0.5, 0.6) is 0 Å². The third kappa shape index (κ3) is 4.22. The molecule has 5 nitrogen and oxygen atoms in total. The van der Waals surface area contributed by atoms with Crippen molar-refractivity contribution in [3.63, 3.8) is 0 Å². The minimum atomic E-state index is 0.0272. The average Bonchev–Trinajstić information content (AvgIpc) is 3.44. The Kier molecular flexibility index (Phi) is 6.54. The van der Waals surface area contributed by atoms with E-state index in [1.165, 1.54) is 22.9 Å². The van der Waals surface area contributed by atoms with E-state index in [0.717, 1.165) is 31.5 Å². The molecule has 1 aliphatic heterocycles. The summed E-state index contributed by atoms with van der Waals surface area (Å²) in [6, 6.07) is 8.87. The largest absolute Gasteiger partial charge is 0.379 e.